The number of carbonyl (C=O) groups excluding carboxylic acids is 1. The van der Waals surface area contributed by atoms with Crippen LogP contribution in [0.5, 0.6) is 0 Å². The lowest BCUT2D eigenvalue weighted by Gasteiger charge is -2.22. The van der Waals surface area contributed by atoms with Gasteiger partial charge in [0.05, 0.1) is 6.10 Å². The van der Waals surface area contributed by atoms with Crippen LogP contribution in [-0.2, 0) is 11.2 Å². The van der Waals surface area contributed by atoms with Gasteiger partial charge in [-0.15, -0.1) is 0 Å². The lowest BCUT2D eigenvalue weighted by atomic mass is 9.91. The summed E-state index contributed by atoms with van der Waals surface area (Å²) in [6, 6.07) is 5.95. The molecule has 2 aliphatic rings. The minimum atomic E-state index is -0.338. The number of benzene rings is 1. The fourth-order valence-electron chi connectivity index (χ4n) is 3.13. The highest BCUT2D eigenvalue weighted by molar-refractivity contribution is 5.93. The highest BCUT2D eigenvalue weighted by Crippen LogP contribution is 2.37. The summed E-state index contributed by atoms with van der Waals surface area (Å²) in [5, 5.41) is 13.3. The molecule has 1 aliphatic carbocycles. The summed E-state index contributed by atoms with van der Waals surface area (Å²) in [5.74, 6) is 0.507. The van der Waals surface area contributed by atoms with E-state index in [0.29, 0.717) is 12.3 Å². The first kappa shape index (κ1) is 11.7. The number of aryl methyl sites for hydroxylation is 1. The Morgan fingerprint density at radius 1 is 1.22 bits per heavy atom. The van der Waals surface area contributed by atoms with Crippen LogP contribution in [0.15, 0.2) is 18.2 Å². The van der Waals surface area contributed by atoms with Crippen LogP contribution in [0.1, 0.15) is 49.3 Å². The van der Waals surface area contributed by atoms with Gasteiger partial charge in [0.15, 0.2) is 0 Å². The summed E-state index contributed by atoms with van der Waals surface area (Å²) < 4.78 is 0. The first-order chi connectivity index (χ1) is 8.74. The van der Waals surface area contributed by atoms with E-state index in [1.54, 1.807) is 0 Å². The van der Waals surface area contributed by atoms with Gasteiger partial charge in [0.1, 0.15) is 0 Å². The molecule has 1 aromatic rings. The number of fused-ring (bicyclic) bond motifs is 1. The molecule has 3 rings (SSSR count). The lowest BCUT2D eigenvalue weighted by Crippen LogP contribution is -2.19. The largest absolute Gasteiger partial charge is 0.388 e. The molecule has 0 radical (unpaired) electrons. The van der Waals surface area contributed by atoms with Crippen molar-refractivity contribution < 1.29 is 9.90 Å². The molecule has 1 saturated carbocycles. The Hall–Kier alpha value is -1.35. The van der Waals surface area contributed by atoms with Gasteiger partial charge in [0.2, 0.25) is 5.91 Å². The van der Waals surface area contributed by atoms with E-state index in [4.69, 9.17) is 0 Å². The molecule has 2 N–H and O–H groups in total. The number of nitrogens with one attached hydrogen (secondary N) is 1. The SMILES string of the molecule is O=C1CCc2cc(C(O)C3CCCC3)ccc2N1. The van der Waals surface area contributed by atoms with Crippen molar-refractivity contribution in [2.24, 2.45) is 5.92 Å². The monoisotopic (exact) mass is 245 g/mol. The predicted molar refractivity (Wildman–Crippen MR) is 70.3 cm³/mol. The summed E-state index contributed by atoms with van der Waals surface area (Å²) in [4.78, 5) is 11.3. The van der Waals surface area contributed by atoms with Crippen molar-refractivity contribution in [3.63, 3.8) is 0 Å². The van der Waals surface area contributed by atoms with Crippen molar-refractivity contribution in [1.82, 2.24) is 0 Å². The molecule has 1 aliphatic heterocycles. The van der Waals surface area contributed by atoms with Crippen LogP contribution in [0.25, 0.3) is 0 Å². The molecule has 3 nitrogen and oxygen atoms in total. The number of hydrogen-bond donors (Lipinski definition) is 2. The molecule has 18 heavy (non-hydrogen) atoms. The summed E-state index contributed by atoms with van der Waals surface area (Å²) in [6.45, 7) is 0. The first-order valence-electron chi connectivity index (χ1n) is 6.85. The first-order valence-corrected chi connectivity index (χ1v) is 6.85. The second-order valence-corrected chi connectivity index (χ2v) is 5.45. The molecule has 1 heterocycles. The number of hydrogen-bond acceptors (Lipinski definition) is 2. The summed E-state index contributed by atoms with van der Waals surface area (Å²) in [6.07, 6.45) is 5.74. The van der Waals surface area contributed by atoms with Crippen molar-refractivity contribution in [1.29, 1.82) is 0 Å². The van der Waals surface area contributed by atoms with Gasteiger partial charge in [-0.3, -0.25) is 4.79 Å². The van der Waals surface area contributed by atoms with Crippen LogP contribution < -0.4 is 5.32 Å². The molecule has 3 heteroatoms. The van der Waals surface area contributed by atoms with Crippen LogP contribution in [0.2, 0.25) is 0 Å². The van der Waals surface area contributed by atoms with E-state index in [1.807, 2.05) is 12.1 Å². The fraction of sp³-hybridized carbons (Fsp3) is 0.533. The Morgan fingerprint density at radius 2 is 2.00 bits per heavy atom. The van der Waals surface area contributed by atoms with E-state index < -0.39 is 0 Å². The maximum Gasteiger partial charge on any atom is 0.224 e. The number of amides is 1. The zero-order valence-corrected chi connectivity index (χ0v) is 10.5. The molecular weight excluding hydrogens is 226 g/mol. The summed E-state index contributed by atoms with van der Waals surface area (Å²) >= 11 is 0. The third-order valence-electron chi connectivity index (χ3n) is 4.21. The average Bonchev–Trinajstić information content (AvgIpc) is 2.91. The van der Waals surface area contributed by atoms with E-state index in [9.17, 15) is 9.90 Å². The Kier molecular flexibility index (Phi) is 3.08. The highest BCUT2D eigenvalue weighted by atomic mass is 16.3. The van der Waals surface area contributed by atoms with Gasteiger partial charge in [0.25, 0.3) is 0 Å². The molecule has 0 saturated heterocycles. The Balaban J connectivity index is 1.83. The fourth-order valence-corrected chi connectivity index (χ4v) is 3.13. The molecule has 1 aromatic carbocycles. The number of aliphatic hydroxyl groups is 1. The zero-order chi connectivity index (χ0) is 12.5. The third kappa shape index (κ3) is 2.15. The average molecular weight is 245 g/mol. The van der Waals surface area contributed by atoms with Crippen LogP contribution >= 0.6 is 0 Å². The number of carbonyl (C=O) groups is 1. The molecule has 0 aromatic heterocycles. The van der Waals surface area contributed by atoms with Crippen molar-refractivity contribution in [3.8, 4) is 0 Å². The van der Waals surface area contributed by atoms with Gasteiger partial charge in [0, 0.05) is 12.1 Å². The number of anilines is 1. The van der Waals surface area contributed by atoms with E-state index in [-0.39, 0.29) is 12.0 Å². The molecule has 1 fully saturated rings. The molecule has 96 valence electrons. The van der Waals surface area contributed by atoms with Crippen molar-refractivity contribution in [2.75, 3.05) is 5.32 Å². The standard InChI is InChI=1S/C15H19NO2/c17-14-8-6-11-9-12(5-7-13(11)16-14)15(18)10-3-1-2-4-10/h5,7,9-10,15,18H,1-4,6,8H2,(H,16,17). The maximum absolute atomic E-state index is 11.3. The van der Waals surface area contributed by atoms with E-state index in [1.165, 1.54) is 12.8 Å². The number of aliphatic hydroxyl groups excluding tert-OH is 1. The van der Waals surface area contributed by atoms with Gasteiger partial charge < -0.3 is 10.4 Å². The van der Waals surface area contributed by atoms with Gasteiger partial charge in [-0.2, -0.15) is 0 Å². The van der Waals surface area contributed by atoms with E-state index in [2.05, 4.69) is 11.4 Å². The van der Waals surface area contributed by atoms with Crippen molar-refractivity contribution in [2.45, 2.75) is 44.6 Å². The topological polar surface area (TPSA) is 49.3 Å². The molecule has 1 atom stereocenters. The molecule has 0 bridgehead atoms. The molecule has 1 amide bonds. The lowest BCUT2D eigenvalue weighted by molar-refractivity contribution is -0.116. The van der Waals surface area contributed by atoms with Crippen molar-refractivity contribution in [3.05, 3.63) is 29.3 Å². The normalized spacial score (nSPS) is 21.5. The predicted octanol–water partition coefficient (Wildman–Crippen LogP) is 2.79. The summed E-state index contributed by atoms with van der Waals surface area (Å²) in [7, 11) is 0. The van der Waals surface area contributed by atoms with Crippen LogP contribution in [0.4, 0.5) is 5.69 Å². The van der Waals surface area contributed by atoms with Gasteiger partial charge in [-0.25, -0.2) is 0 Å². The van der Waals surface area contributed by atoms with Crippen LogP contribution in [0, 0.1) is 5.92 Å². The van der Waals surface area contributed by atoms with Crippen LogP contribution in [0.3, 0.4) is 0 Å². The Morgan fingerprint density at radius 3 is 2.78 bits per heavy atom. The van der Waals surface area contributed by atoms with Gasteiger partial charge in [-0.05, 0) is 42.4 Å². The minimum absolute atomic E-state index is 0.0894. The van der Waals surface area contributed by atoms with Crippen molar-refractivity contribution >= 4 is 11.6 Å². The third-order valence-corrected chi connectivity index (χ3v) is 4.21. The second-order valence-electron chi connectivity index (χ2n) is 5.45. The quantitative estimate of drug-likeness (QED) is 0.841. The maximum atomic E-state index is 11.3. The van der Waals surface area contributed by atoms with E-state index >= 15 is 0 Å². The van der Waals surface area contributed by atoms with Gasteiger partial charge in [-0.1, -0.05) is 25.0 Å². The molecule has 1 unspecified atom stereocenters. The zero-order valence-electron chi connectivity index (χ0n) is 10.5. The number of rotatable bonds is 2. The highest BCUT2D eigenvalue weighted by Gasteiger charge is 2.25. The molecular formula is C15H19NO2. The van der Waals surface area contributed by atoms with Crippen LogP contribution in [-0.4, -0.2) is 11.0 Å². The van der Waals surface area contributed by atoms with E-state index in [0.717, 1.165) is 36.1 Å². The second kappa shape index (κ2) is 4.73. The minimum Gasteiger partial charge on any atom is -0.388 e. The smallest absolute Gasteiger partial charge is 0.224 e. The van der Waals surface area contributed by atoms with Gasteiger partial charge >= 0.3 is 0 Å². The summed E-state index contributed by atoms with van der Waals surface area (Å²) in [5.41, 5.74) is 3.08. The molecule has 0 spiro atoms. The Bertz CT molecular complexity index is 464. The Labute approximate surface area is 107 Å².